The molecule has 28 heavy (non-hydrogen) atoms. The molecule has 2 heteroatoms. The maximum atomic E-state index is 6.52. The van der Waals surface area contributed by atoms with Crippen LogP contribution in [0.4, 0.5) is 0 Å². The fourth-order valence-electron chi connectivity index (χ4n) is 6.22. The predicted molar refractivity (Wildman–Crippen MR) is 115 cm³/mol. The molecule has 1 aromatic rings. The Hall–Kier alpha value is -1.02. The minimum Gasteiger partial charge on any atom is -0.465 e. The summed E-state index contributed by atoms with van der Waals surface area (Å²) in [6.07, 6.45) is 9.53. The summed E-state index contributed by atoms with van der Waals surface area (Å²) in [5.74, 6) is 5.22. The van der Waals surface area contributed by atoms with Crippen LogP contribution >= 0.6 is 0 Å². The standard InChI is InChI=1S/C26H40O2/c1-17(2)27-25(24-16-19-14-20-8-11-22(24)23(20)15-19)28-21-9-6-18(7-10-21)12-13-26(3,4)5/h6-7,9-10,17,19-20,22-25H,8,11-16H2,1-5H3. The lowest BCUT2D eigenvalue weighted by Crippen LogP contribution is -2.40. The molecule has 0 aromatic heterocycles. The zero-order valence-electron chi connectivity index (χ0n) is 18.6. The van der Waals surface area contributed by atoms with Crippen molar-refractivity contribution in [2.24, 2.45) is 35.0 Å². The highest BCUT2D eigenvalue weighted by atomic mass is 16.7. The van der Waals surface area contributed by atoms with Crippen LogP contribution in [-0.2, 0) is 11.2 Å². The molecular weight excluding hydrogens is 344 g/mol. The topological polar surface area (TPSA) is 18.5 Å². The minimum atomic E-state index is -0.0902. The number of benzene rings is 1. The van der Waals surface area contributed by atoms with Crippen molar-refractivity contribution < 1.29 is 9.47 Å². The van der Waals surface area contributed by atoms with Gasteiger partial charge in [0, 0.05) is 5.92 Å². The van der Waals surface area contributed by atoms with Gasteiger partial charge in [-0.25, -0.2) is 0 Å². The fraction of sp³-hybridized carbons (Fsp3) is 0.769. The van der Waals surface area contributed by atoms with Crippen molar-refractivity contribution in [3.05, 3.63) is 29.8 Å². The van der Waals surface area contributed by atoms with E-state index in [1.54, 1.807) is 0 Å². The first-order chi connectivity index (χ1) is 13.3. The van der Waals surface area contributed by atoms with Gasteiger partial charge in [0.05, 0.1) is 6.10 Å². The zero-order valence-corrected chi connectivity index (χ0v) is 18.6. The molecule has 1 aromatic carbocycles. The first kappa shape index (κ1) is 20.3. The smallest absolute Gasteiger partial charge is 0.203 e. The second-order valence-electron chi connectivity index (χ2n) is 11.3. The van der Waals surface area contributed by atoms with Crippen LogP contribution in [0.2, 0.25) is 0 Å². The molecule has 4 rings (SSSR count). The van der Waals surface area contributed by atoms with Gasteiger partial charge in [0.1, 0.15) is 5.75 Å². The number of hydrogen-bond acceptors (Lipinski definition) is 2. The summed E-state index contributed by atoms with van der Waals surface area (Å²) in [6, 6.07) is 8.79. The normalized spacial score (nSPS) is 32.7. The van der Waals surface area contributed by atoms with E-state index in [2.05, 4.69) is 58.9 Å². The molecule has 0 spiro atoms. The van der Waals surface area contributed by atoms with E-state index < -0.39 is 0 Å². The van der Waals surface area contributed by atoms with Gasteiger partial charge in [0.25, 0.3) is 0 Å². The molecule has 3 aliphatic rings. The molecule has 6 unspecified atom stereocenters. The van der Waals surface area contributed by atoms with Gasteiger partial charge < -0.3 is 9.47 Å². The Kier molecular flexibility index (Phi) is 5.80. The largest absolute Gasteiger partial charge is 0.465 e. The van der Waals surface area contributed by atoms with Crippen LogP contribution < -0.4 is 4.74 Å². The van der Waals surface area contributed by atoms with Crippen LogP contribution in [0.25, 0.3) is 0 Å². The average Bonchev–Trinajstić information content (AvgIpc) is 3.14. The quantitative estimate of drug-likeness (QED) is 0.478. The van der Waals surface area contributed by atoms with Crippen LogP contribution in [0.1, 0.15) is 78.7 Å². The summed E-state index contributed by atoms with van der Waals surface area (Å²) >= 11 is 0. The monoisotopic (exact) mass is 384 g/mol. The van der Waals surface area contributed by atoms with Crippen molar-refractivity contribution in [2.45, 2.75) is 92.0 Å². The SMILES string of the molecule is CC(C)OC(Oc1ccc(CCC(C)(C)C)cc1)C1CC2CC3CCC1C3C2. The number of hydrogen-bond donors (Lipinski definition) is 0. The van der Waals surface area contributed by atoms with Gasteiger partial charge in [-0.15, -0.1) is 0 Å². The van der Waals surface area contributed by atoms with E-state index in [1.165, 1.54) is 44.1 Å². The second kappa shape index (κ2) is 8.01. The Morgan fingerprint density at radius 1 is 0.964 bits per heavy atom. The van der Waals surface area contributed by atoms with Crippen molar-refractivity contribution in [3.63, 3.8) is 0 Å². The molecule has 0 heterocycles. The fourth-order valence-corrected chi connectivity index (χ4v) is 6.22. The summed E-state index contributed by atoms with van der Waals surface area (Å²) in [5, 5.41) is 0. The third-order valence-electron chi connectivity index (χ3n) is 7.52. The van der Waals surface area contributed by atoms with Crippen molar-refractivity contribution in [2.75, 3.05) is 0 Å². The molecule has 0 N–H and O–H groups in total. The van der Waals surface area contributed by atoms with E-state index in [1.807, 2.05) is 0 Å². The summed E-state index contributed by atoms with van der Waals surface area (Å²) in [5.41, 5.74) is 1.78. The van der Waals surface area contributed by atoms with Crippen molar-refractivity contribution in [1.82, 2.24) is 0 Å². The first-order valence-electron chi connectivity index (χ1n) is 11.7. The number of rotatable bonds is 7. The van der Waals surface area contributed by atoms with Crippen LogP contribution in [0.5, 0.6) is 5.75 Å². The van der Waals surface area contributed by atoms with Crippen molar-refractivity contribution >= 4 is 0 Å². The maximum Gasteiger partial charge on any atom is 0.203 e. The van der Waals surface area contributed by atoms with Gasteiger partial charge in [-0.3, -0.25) is 0 Å². The average molecular weight is 385 g/mol. The Labute approximate surface area is 172 Å². The van der Waals surface area contributed by atoms with E-state index in [4.69, 9.17) is 9.47 Å². The summed E-state index contributed by atoms with van der Waals surface area (Å²) < 4.78 is 12.9. The van der Waals surface area contributed by atoms with E-state index in [0.29, 0.717) is 11.3 Å². The number of aryl methyl sites for hydroxylation is 1. The predicted octanol–water partition coefficient (Wildman–Crippen LogP) is 6.87. The van der Waals surface area contributed by atoms with Gasteiger partial charge in [-0.1, -0.05) is 32.9 Å². The third kappa shape index (κ3) is 4.58. The lowest BCUT2D eigenvalue weighted by Gasteiger charge is -2.39. The van der Waals surface area contributed by atoms with Gasteiger partial charge in [0.15, 0.2) is 0 Å². The molecule has 3 saturated carbocycles. The highest BCUT2D eigenvalue weighted by molar-refractivity contribution is 5.27. The lowest BCUT2D eigenvalue weighted by molar-refractivity contribution is -0.163. The summed E-state index contributed by atoms with van der Waals surface area (Å²) in [6.45, 7) is 11.2. The van der Waals surface area contributed by atoms with E-state index in [0.717, 1.165) is 35.8 Å². The molecule has 0 radical (unpaired) electrons. The minimum absolute atomic E-state index is 0.0902. The van der Waals surface area contributed by atoms with Gasteiger partial charge >= 0.3 is 0 Å². The third-order valence-corrected chi connectivity index (χ3v) is 7.52. The maximum absolute atomic E-state index is 6.52. The molecule has 2 bridgehead atoms. The molecule has 2 nitrogen and oxygen atoms in total. The second-order valence-corrected chi connectivity index (χ2v) is 11.3. The molecular formula is C26H40O2. The van der Waals surface area contributed by atoms with Crippen LogP contribution in [0.3, 0.4) is 0 Å². The molecule has 3 fully saturated rings. The van der Waals surface area contributed by atoms with E-state index in [-0.39, 0.29) is 12.4 Å². The van der Waals surface area contributed by atoms with Crippen LogP contribution in [0.15, 0.2) is 24.3 Å². The van der Waals surface area contributed by atoms with E-state index >= 15 is 0 Å². The number of ether oxygens (including phenoxy) is 2. The molecule has 3 aliphatic carbocycles. The molecule has 0 aliphatic heterocycles. The highest BCUT2D eigenvalue weighted by Gasteiger charge is 2.53. The summed E-state index contributed by atoms with van der Waals surface area (Å²) in [7, 11) is 0. The van der Waals surface area contributed by atoms with Gasteiger partial charge in [0.2, 0.25) is 6.29 Å². The lowest BCUT2D eigenvalue weighted by atomic mass is 9.72. The first-order valence-corrected chi connectivity index (χ1v) is 11.7. The van der Waals surface area contributed by atoms with Gasteiger partial charge in [-0.2, -0.15) is 0 Å². The summed E-state index contributed by atoms with van der Waals surface area (Å²) in [4.78, 5) is 0. The molecule has 156 valence electrons. The Morgan fingerprint density at radius 2 is 1.71 bits per heavy atom. The molecule has 6 atom stereocenters. The molecule has 0 amide bonds. The van der Waals surface area contributed by atoms with Crippen molar-refractivity contribution in [1.29, 1.82) is 0 Å². The Balaban J connectivity index is 1.44. The van der Waals surface area contributed by atoms with Crippen LogP contribution in [-0.4, -0.2) is 12.4 Å². The Morgan fingerprint density at radius 3 is 2.39 bits per heavy atom. The zero-order chi connectivity index (χ0) is 19.9. The number of fused-ring (bicyclic) bond motifs is 1. The highest BCUT2D eigenvalue weighted by Crippen LogP contribution is 2.59. The Bertz CT molecular complexity index is 639. The van der Waals surface area contributed by atoms with Gasteiger partial charge in [-0.05, 0) is 106 Å². The molecule has 0 saturated heterocycles. The van der Waals surface area contributed by atoms with Crippen molar-refractivity contribution in [3.8, 4) is 5.75 Å². The van der Waals surface area contributed by atoms with Crippen LogP contribution in [0, 0.1) is 35.0 Å². The van der Waals surface area contributed by atoms with E-state index in [9.17, 15) is 0 Å².